The highest BCUT2D eigenvalue weighted by atomic mass is 16.5. The molecule has 172 valence electrons. The average molecular weight is 441 g/mol. The van der Waals surface area contributed by atoms with Crippen molar-refractivity contribution >= 4 is 22.9 Å². The zero-order valence-electron chi connectivity index (χ0n) is 19.2. The summed E-state index contributed by atoms with van der Waals surface area (Å²) in [5.74, 6) is 1.67. The summed E-state index contributed by atoms with van der Waals surface area (Å²) in [5, 5.41) is 11.0. The third-order valence-electron chi connectivity index (χ3n) is 4.92. The Morgan fingerprint density at radius 1 is 1.16 bits per heavy atom. The van der Waals surface area contributed by atoms with Crippen molar-refractivity contribution in [3.05, 3.63) is 41.2 Å². The van der Waals surface area contributed by atoms with Crippen molar-refractivity contribution in [1.29, 1.82) is 0 Å². The van der Waals surface area contributed by atoms with Crippen LogP contribution in [0.25, 0.3) is 11.0 Å². The second kappa shape index (κ2) is 10.8. The van der Waals surface area contributed by atoms with Gasteiger partial charge in [-0.3, -0.25) is 0 Å². The molecule has 0 aliphatic heterocycles. The Hall–Kier alpha value is -3.36. The van der Waals surface area contributed by atoms with Crippen LogP contribution in [0.1, 0.15) is 57.5 Å². The van der Waals surface area contributed by atoms with E-state index in [1.165, 1.54) is 0 Å². The van der Waals surface area contributed by atoms with E-state index in [0.717, 1.165) is 41.7 Å². The van der Waals surface area contributed by atoms with Gasteiger partial charge in [-0.1, -0.05) is 37.6 Å². The van der Waals surface area contributed by atoms with E-state index in [0.29, 0.717) is 36.9 Å². The van der Waals surface area contributed by atoms with Gasteiger partial charge in [0.2, 0.25) is 0 Å². The van der Waals surface area contributed by atoms with Gasteiger partial charge in [-0.2, -0.15) is 0 Å². The number of hydrogen-bond donors (Lipinski definition) is 2. The van der Waals surface area contributed by atoms with Crippen molar-refractivity contribution in [1.82, 2.24) is 25.1 Å². The van der Waals surface area contributed by atoms with E-state index in [4.69, 9.17) is 20.2 Å². The lowest BCUT2D eigenvalue weighted by atomic mass is 10.1. The number of ether oxygens (including phenoxy) is 2. The van der Waals surface area contributed by atoms with Gasteiger partial charge in [-0.05, 0) is 38.3 Å². The first-order valence-corrected chi connectivity index (χ1v) is 11.1. The van der Waals surface area contributed by atoms with E-state index >= 15 is 0 Å². The number of benzene rings is 1. The highest BCUT2D eigenvalue weighted by Gasteiger charge is 2.20. The number of carbonyl (C=O) groups excluding carboxylic acids is 1. The maximum atomic E-state index is 11.5. The first-order chi connectivity index (χ1) is 15.4. The van der Waals surface area contributed by atoms with Gasteiger partial charge in [0.05, 0.1) is 12.7 Å². The van der Waals surface area contributed by atoms with E-state index in [1.54, 1.807) is 6.92 Å². The number of anilines is 1. The van der Waals surface area contributed by atoms with Crippen LogP contribution in [0.5, 0.6) is 5.88 Å². The van der Waals surface area contributed by atoms with E-state index in [1.807, 2.05) is 38.1 Å². The predicted molar refractivity (Wildman–Crippen MR) is 124 cm³/mol. The summed E-state index contributed by atoms with van der Waals surface area (Å²) < 4.78 is 13.0. The fraction of sp³-hybridized carbons (Fsp3) is 0.478. The first kappa shape index (κ1) is 23.3. The molecular weight excluding hydrogens is 408 g/mol. The van der Waals surface area contributed by atoms with Gasteiger partial charge in [0.15, 0.2) is 5.82 Å². The van der Waals surface area contributed by atoms with Gasteiger partial charge in [-0.25, -0.2) is 9.78 Å². The number of alkyl carbamates (subject to hydrolysis) is 1. The number of nitrogens with one attached hydrogen (secondary N) is 1. The normalized spacial score (nSPS) is 11.2. The number of fused-ring (bicyclic) bond motifs is 1. The van der Waals surface area contributed by atoms with E-state index in [9.17, 15) is 4.79 Å². The number of nitrogens with zero attached hydrogens (tertiary/aromatic N) is 4. The summed E-state index contributed by atoms with van der Waals surface area (Å²) >= 11 is 0. The molecule has 0 radical (unpaired) electrons. The van der Waals surface area contributed by atoms with E-state index in [-0.39, 0.29) is 6.10 Å². The van der Waals surface area contributed by atoms with Gasteiger partial charge in [0.1, 0.15) is 16.9 Å². The summed E-state index contributed by atoms with van der Waals surface area (Å²) in [6.45, 7) is 9.19. The molecule has 0 bridgehead atoms. The summed E-state index contributed by atoms with van der Waals surface area (Å²) in [5.41, 5.74) is 9.58. The number of aromatic nitrogens is 4. The fourth-order valence-corrected chi connectivity index (χ4v) is 3.39. The number of unbranched alkanes of at least 4 members (excludes halogenated alkanes) is 1. The highest BCUT2D eigenvalue weighted by Crippen LogP contribution is 2.29. The second-order valence-corrected chi connectivity index (χ2v) is 7.86. The lowest BCUT2D eigenvalue weighted by Crippen LogP contribution is -2.23. The summed E-state index contributed by atoms with van der Waals surface area (Å²) in [6.07, 6.45) is 2.44. The Labute approximate surface area is 188 Å². The molecule has 1 amide bonds. The van der Waals surface area contributed by atoms with Crippen LogP contribution < -0.4 is 15.8 Å². The van der Waals surface area contributed by atoms with Crippen molar-refractivity contribution < 1.29 is 14.3 Å². The molecule has 1 aromatic carbocycles. The van der Waals surface area contributed by atoms with Gasteiger partial charge in [-0.15, -0.1) is 10.2 Å². The zero-order chi connectivity index (χ0) is 23.1. The first-order valence-electron chi connectivity index (χ1n) is 11.1. The molecule has 2 aromatic heterocycles. The van der Waals surface area contributed by atoms with Crippen molar-refractivity contribution in [2.45, 2.75) is 66.2 Å². The monoisotopic (exact) mass is 440 g/mol. The van der Waals surface area contributed by atoms with Gasteiger partial charge < -0.3 is 25.1 Å². The number of hydrogen-bond acceptors (Lipinski definition) is 7. The maximum Gasteiger partial charge on any atom is 0.407 e. The zero-order valence-corrected chi connectivity index (χ0v) is 19.2. The molecule has 0 saturated carbocycles. The van der Waals surface area contributed by atoms with Crippen LogP contribution in [0.3, 0.4) is 0 Å². The van der Waals surface area contributed by atoms with E-state index in [2.05, 4.69) is 27.0 Å². The molecule has 3 N–H and O–H groups in total. The van der Waals surface area contributed by atoms with Gasteiger partial charge in [0, 0.05) is 19.5 Å². The van der Waals surface area contributed by atoms with Crippen LogP contribution in [-0.2, 0) is 24.2 Å². The molecule has 32 heavy (non-hydrogen) atoms. The highest BCUT2D eigenvalue weighted by molar-refractivity contribution is 5.88. The molecule has 0 unspecified atom stereocenters. The maximum absolute atomic E-state index is 11.5. The van der Waals surface area contributed by atoms with Gasteiger partial charge >= 0.3 is 6.09 Å². The smallest absolute Gasteiger partial charge is 0.407 e. The Balaban J connectivity index is 1.90. The quantitative estimate of drug-likeness (QED) is 0.492. The summed E-state index contributed by atoms with van der Waals surface area (Å²) in [7, 11) is 0. The molecule has 3 rings (SSSR count). The Morgan fingerprint density at radius 3 is 2.53 bits per heavy atom. The van der Waals surface area contributed by atoms with Crippen molar-refractivity contribution in [2.24, 2.45) is 0 Å². The fourth-order valence-electron chi connectivity index (χ4n) is 3.39. The molecular formula is C23H32N6O3. The van der Waals surface area contributed by atoms with Crippen molar-refractivity contribution in [3.8, 4) is 5.88 Å². The Kier molecular flexibility index (Phi) is 7.86. The molecule has 0 saturated heterocycles. The SMILES string of the molecule is CCCCc1nc2c(N)nnc(OC(C)C)c2n1Cc1ccc(CNC(=O)OCC)cc1. The number of aryl methyl sites for hydroxylation is 1. The molecule has 0 atom stereocenters. The van der Waals surface area contributed by atoms with E-state index < -0.39 is 6.09 Å². The van der Waals surface area contributed by atoms with Crippen LogP contribution in [0.2, 0.25) is 0 Å². The number of amides is 1. The topological polar surface area (TPSA) is 117 Å². The number of imidazole rings is 1. The number of nitrogens with two attached hydrogens (primary N) is 1. The molecule has 2 heterocycles. The lowest BCUT2D eigenvalue weighted by Gasteiger charge is -2.14. The average Bonchev–Trinajstić information content (AvgIpc) is 3.13. The third kappa shape index (κ3) is 5.66. The minimum Gasteiger partial charge on any atom is -0.472 e. The second-order valence-electron chi connectivity index (χ2n) is 7.86. The molecule has 0 aliphatic rings. The van der Waals surface area contributed by atoms with Gasteiger partial charge in [0.25, 0.3) is 5.88 Å². The number of rotatable bonds is 10. The molecule has 0 fully saturated rings. The minimum atomic E-state index is -0.418. The van der Waals surface area contributed by atoms with Crippen LogP contribution in [0.15, 0.2) is 24.3 Å². The molecule has 0 spiro atoms. The summed E-state index contributed by atoms with van der Waals surface area (Å²) in [4.78, 5) is 16.3. The standard InChI is InChI=1S/C23H32N6O3/c1-5-7-8-18-26-19-20(22(32-15(3)4)28-27-21(19)24)29(18)14-17-11-9-16(10-12-17)13-25-23(30)31-6-2/h9-12,15H,5-8,13-14H2,1-4H3,(H2,24,27)(H,25,30). The van der Waals surface area contributed by atoms with Crippen LogP contribution in [0.4, 0.5) is 10.6 Å². The van der Waals surface area contributed by atoms with Crippen LogP contribution in [-0.4, -0.2) is 38.6 Å². The summed E-state index contributed by atoms with van der Waals surface area (Å²) in [6, 6.07) is 8.06. The molecule has 9 nitrogen and oxygen atoms in total. The number of carbonyl (C=O) groups is 1. The molecule has 0 aliphatic carbocycles. The predicted octanol–water partition coefficient (Wildman–Crippen LogP) is 3.83. The van der Waals surface area contributed by atoms with Crippen LogP contribution in [0, 0.1) is 0 Å². The largest absolute Gasteiger partial charge is 0.472 e. The third-order valence-corrected chi connectivity index (χ3v) is 4.92. The van der Waals surface area contributed by atoms with Crippen LogP contribution >= 0.6 is 0 Å². The lowest BCUT2D eigenvalue weighted by molar-refractivity contribution is 0.151. The van der Waals surface area contributed by atoms with Crippen molar-refractivity contribution in [3.63, 3.8) is 0 Å². The molecule has 3 aromatic rings. The Morgan fingerprint density at radius 2 is 1.88 bits per heavy atom. The molecule has 9 heteroatoms. The Bertz CT molecular complexity index is 1050. The van der Waals surface area contributed by atoms with Crippen molar-refractivity contribution in [2.75, 3.05) is 12.3 Å². The minimum absolute atomic E-state index is 0.0512. The number of nitrogen functional groups attached to an aromatic ring is 1.